The molecule has 0 spiro atoms. The molecule has 1 atom stereocenters. The molecule has 0 bridgehead atoms. The minimum atomic E-state index is -0.116. The quantitative estimate of drug-likeness (QED) is 0.872. The molecular weight excluding hydrogens is 218 g/mol. The maximum atomic E-state index is 12.2. The smallest absolute Gasteiger partial charge is 0.140 e. The van der Waals surface area contributed by atoms with E-state index in [4.69, 9.17) is 0 Å². The van der Waals surface area contributed by atoms with Crippen molar-refractivity contribution in [3.63, 3.8) is 0 Å². The molecule has 16 heavy (non-hydrogen) atoms. The van der Waals surface area contributed by atoms with E-state index in [0.717, 1.165) is 32.4 Å². The van der Waals surface area contributed by atoms with Crippen LogP contribution in [0.2, 0.25) is 0 Å². The van der Waals surface area contributed by atoms with E-state index in [1.807, 2.05) is 6.07 Å². The topological polar surface area (TPSA) is 29.1 Å². The number of ketones is 1. The number of aryl methyl sites for hydroxylation is 1. The molecule has 2 rings (SSSR count). The fourth-order valence-electron chi connectivity index (χ4n) is 2.29. The summed E-state index contributed by atoms with van der Waals surface area (Å²) in [6, 6.07) is 4.16. The highest BCUT2D eigenvalue weighted by atomic mass is 32.1. The third-order valence-corrected chi connectivity index (χ3v) is 4.39. The Labute approximate surface area is 101 Å². The Kier molecular flexibility index (Phi) is 3.77. The van der Waals surface area contributed by atoms with Gasteiger partial charge in [0.25, 0.3) is 0 Å². The highest BCUT2D eigenvalue weighted by Crippen LogP contribution is 2.28. The Morgan fingerprint density at radius 3 is 3.12 bits per heavy atom. The molecular formula is C13H19NOS. The zero-order valence-corrected chi connectivity index (χ0v) is 10.6. The Morgan fingerprint density at radius 2 is 2.50 bits per heavy atom. The van der Waals surface area contributed by atoms with E-state index in [1.54, 1.807) is 11.3 Å². The highest BCUT2D eigenvalue weighted by Gasteiger charge is 2.33. The summed E-state index contributed by atoms with van der Waals surface area (Å²) < 4.78 is 0. The maximum Gasteiger partial charge on any atom is 0.140 e. The number of hydrogen-bond donors (Lipinski definition) is 1. The molecule has 1 saturated heterocycles. The van der Waals surface area contributed by atoms with Gasteiger partial charge in [-0.1, -0.05) is 13.0 Å². The first kappa shape index (κ1) is 11.8. The summed E-state index contributed by atoms with van der Waals surface area (Å²) in [6.45, 7) is 4.03. The SMILES string of the molecule is CC1(C(=O)CCc2cccs2)CCCNC1. The predicted octanol–water partition coefficient (Wildman–Crippen LogP) is 2.64. The van der Waals surface area contributed by atoms with Crippen molar-refractivity contribution in [1.82, 2.24) is 5.32 Å². The third kappa shape index (κ3) is 2.71. The van der Waals surface area contributed by atoms with Crippen LogP contribution in [0.4, 0.5) is 0 Å². The van der Waals surface area contributed by atoms with Gasteiger partial charge in [0, 0.05) is 23.3 Å². The number of nitrogens with one attached hydrogen (secondary N) is 1. The van der Waals surface area contributed by atoms with E-state index in [0.29, 0.717) is 12.2 Å². The van der Waals surface area contributed by atoms with Gasteiger partial charge in [-0.15, -0.1) is 11.3 Å². The van der Waals surface area contributed by atoms with Crippen LogP contribution in [-0.4, -0.2) is 18.9 Å². The molecule has 2 heterocycles. The van der Waals surface area contributed by atoms with Crippen molar-refractivity contribution in [2.75, 3.05) is 13.1 Å². The summed E-state index contributed by atoms with van der Waals surface area (Å²) in [5.41, 5.74) is -0.116. The molecule has 0 saturated carbocycles. The van der Waals surface area contributed by atoms with E-state index < -0.39 is 0 Å². The van der Waals surface area contributed by atoms with Crippen molar-refractivity contribution in [2.45, 2.75) is 32.6 Å². The van der Waals surface area contributed by atoms with E-state index in [2.05, 4.69) is 23.7 Å². The second-order valence-electron chi connectivity index (χ2n) is 4.84. The van der Waals surface area contributed by atoms with Gasteiger partial charge in [-0.25, -0.2) is 0 Å². The molecule has 0 aromatic carbocycles. The van der Waals surface area contributed by atoms with Gasteiger partial charge in [0.15, 0.2) is 0 Å². The first-order valence-corrected chi connectivity index (χ1v) is 6.85. The van der Waals surface area contributed by atoms with Gasteiger partial charge in [-0.05, 0) is 37.3 Å². The average molecular weight is 237 g/mol. The van der Waals surface area contributed by atoms with Crippen LogP contribution in [0.5, 0.6) is 0 Å². The van der Waals surface area contributed by atoms with E-state index in [1.165, 1.54) is 4.88 Å². The summed E-state index contributed by atoms with van der Waals surface area (Å²) >= 11 is 1.74. The molecule has 0 aliphatic carbocycles. The number of piperidine rings is 1. The predicted molar refractivity (Wildman–Crippen MR) is 67.9 cm³/mol. The lowest BCUT2D eigenvalue weighted by Gasteiger charge is -2.32. The molecule has 1 aromatic heterocycles. The Hall–Kier alpha value is -0.670. The van der Waals surface area contributed by atoms with Gasteiger partial charge in [0.2, 0.25) is 0 Å². The summed E-state index contributed by atoms with van der Waals surface area (Å²) in [5.74, 6) is 0.424. The molecule has 2 nitrogen and oxygen atoms in total. The zero-order chi connectivity index (χ0) is 11.4. The summed E-state index contributed by atoms with van der Waals surface area (Å²) in [6.07, 6.45) is 3.77. The van der Waals surface area contributed by atoms with Crippen molar-refractivity contribution in [3.8, 4) is 0 Å². The largest absolute Gasteiger partial charge is 0.316 e. The number of thiophene rings is 1. The Morgan fingerprint density at radius 1 is 1.62 bits per heavy atom. The summed E-state index contributed by atoms with van der Waals surface area (Å²) in [7, 11) is 0. The van der Waals surface area contributed by atoms with Crippen LogP contribution in [0.25, 0.3) is 0 Å². The van der Waals surface area contributed by atoms with Gasteiger partial charge in [0.1, 0.15) is 5.78 Å². The molecule has 1 aliphatic rings. The van der Waals surface area contributed by atoms with E-state index in [-0.39, 0.29) is 5.41 Å². The van der Waals surface area contributed by atoms with Crippen molar-refractivity contribution in [2.24, 2.45) is 5.41 Å². The second kappa shape index (κ2) is 5.11. The first-order valence-electron chi connectivity index (χ1n) is 5.97. The van der Waals surface area contributed by atoms with Gasteiger partial charge in [-0.3, -0.25) is 4.79 Å². The van der Waals surface area contributed by atoms with Crippen LogP contribution in [0.1, 0.15) is 31.1 Å². The van der Waals surface area contributed by atoms with Gasteiger partial charge in [0.05, 0.1) is 0 Å². The normalized spacial score (nSPS) is 25.6. The van der Waals surface area contributed by atoms with Crippen LogP contribution in [0, 0.1) is 5.41 Å². The minimum absolute atomic E-state index is 0.116. The van der Waals surface area contributed by atoms with Gasteiger partial charge in [-0.2, -0.15) is 0 Å². The minimum Gasteiger partial charge on any atom is -0.316 e. The molecule has 1 unspecified atom stereocenters. The van der Waals surface area contributed by atoms with Crippen molar-refractivity contribution < 1.29 is 4.79 Å². The van der Waals surface area contributed by atoms with Crippen molar-refractivity contribution in [1.29, 1.82) is 0 Å². The third-order valence-electron chi connectivity index (χ3n) is 3.45. The zero-order valence-electron chi connectivity index (χ0n) is 9.79. The summed E-state index contributed by atoms with van der Waals surface area (Å²) in [4.78, 5) is 13.5. The number of carbonyl (C=O) groups is 1. The van der Waals surface area contributed by atoms with Gasteiger partial charge < -0.3 is 5.32 Å². The average Bonchev–Trinajstić information content (AvgIpc) is 2.79. The molecule has 0 radical (unpaired) electrons. The lowest BCUT2D eigenvalue weighted by Crippen LogP contribution is -2.43. The first-order chi connectivity index (χ1) is 7.71. The summed E-state index contributed by atoms with van der Waals surface area (Å²) in [5, 5.41) is 5.40. The lowest BCUT2D eigenvalue weighted by atomic mass is 9.77. The molecule has 1 N–H and O–H groups in total. The fraction of sp³-hybridized carbons (Fsp3) is 0.615. The molecule has 1 fully saturated rings. The number of hydrogen-bond acceptors (Lipinski definition) is 3. The standard InChI is InChI=1S/C13H19NOS/c1-13(7-3-8-14-10-13)12(15)6-5-11-4-2-9-16-11/h2,4,9,14H,3,5-8,10H2,1H3. The molecule has 3 heteroatoms. The molecule has 1 aliphatic heterocycles. The lowest BCUT2D eigenvalue weighted by molar-refractivity contribution is -0.128. The van der Waals surface area contributed by atoms with Crippen molar-refractivity contribution >= 4 is 17.1 Å². The Balaban J connectivity index is 1.87. The van der Waals surface area contributed by atoms with Crippen molar-refractivity contribution in [3.05, 3.63) is 22.4 Å². The van der Waals surface area contributed by atoms with Gasteiger partial charge >= 0.3 is 0 Å². The van der Waals surface area contributed by atoms with Crippen LogP contribution >= 0.6 is 11.3 Å². The maximum absolute atomic E-state index is 12.2. The number of carbonyl (C=O) groups excluding carboxylic acids is 1. The van der Waals surface area contributed by atoms with Crippen LogP contribution in [0.15, 0.2) is 17.5 Å². The molecule has 0 amide bonds. The monoisotopic (exact) mass is 237 g/mol. The van der Waals surface area contributed by atoms with Crippen LogP contribution < -0.4 is 5.32 Å². The van der Waals surface area contributed by atoms with E-state index in [9.17, 15) is 4.79 Å². The Bertz CT molecular complexity index is 339. The van der Waals surface area contributed by atoms with E-state index >= 15 is 0 Å². The fourth-order valence-corrected chi connectivity index (χ4v) is 3.00. The van der Waals surface area contributed by atoms with Crippen LogP contribution in [-0.2, 0) is 11.2 Å². The second-order valence-corrected chi connectivity index (χ2v) is 5.88. The number of Topliss-reactive ketones (excluding diaryl/α,β-unsaturated/α-hetero) is 1. The molecule has 1 aromatic rings. The number of rotatable bonds is 4. The van der Waals surface area contributed by atoms with Crippen LogP contribution in [0.3, 0.4) is 0 Å². The highest BCUT2D eigenvalue weighted by molar-refractivity contribution is 7.09. The molecule has 88 valence electrons.